The second-order valence-electron chi connectivity index (χ2n) is 3.56. The maximum atomic E-state index is 5.72. The van der Waals surface area contributed by atoms with Crippen LogP contribution in [-0.4, -0.2) is 7.05 Å². The third-order valence-electron chi connectivity index (χ3n) is 2.15. The Kier molecular flexibility index (Phi) is 2.27. The van der Waals surface area contributed by atoms with E-state index in [2.05, 4.69) is 0 Å². The van der Waals surface area contributed by atoms with Crippen molar-refractivity contribution in [2.45, 2.75) is 0 Å². The minimum absolute atomic E-state index is 0.136. The van der Waals surface area contributed by atoms with E-state index in [0.29, 0.717) is 0 Å². The number of benzene rings is 1. The van der Waals surface area contributed by atoms with E-state index in [1.165, 1.54) is 7.05 Å². The van der Waals surface area contributed by atoms with Crippen LogP contribution in [0, 0.1) is 0 Å². The zero-order valence-corrected chi connectivity index (χ0v) is 8.49. The maximum Gasteiger partial charge on any atom is 0.221 e. The summed E-state index contributed by atoms with van der Waals surface area (Å²) in [7, 11) is 1.48. The molecule has 15 heavy (non-hydrogen) atoms. The highest BCUT2D eigenvalue weighted by Gasteiger charge is 2.28. The first-order valence-corrected chi connectivity index (χ1v) is 4.13. The van der Waals surface area contributed by atoms with Crippen molar-refractivity contribution >= 4 is 34.1 Å². The van der Waals surface area contributed by atoms with Gasteiger partial charge >= 0.3 is 0 Å². The van der Waals surface area contributed by atoms with Crippen molar-refractivity contribution in [3.63, 3.8) is 0 Å². The predicted octanol–water partition coefficient (Wildman–Crippen LogP) is -1.72. The summed E-state index contributed by atoms with van der Waals surface area (Å²) < 4.78 is -0.563. The normalized spacial score (nSPS) is 11.7. The fourth-order valence-electron chi connectivity index (χ4n) is 1.35. The summed E-state index contributed by atoms with van der Waals surface area (Å²) in [6.07, 6.45) is 0. The van der Waals surface area contributed by atoms with Crippen molar-refractivity contribution in [3.8, 4) is 0 Å². The van der Waals surface area contributed by atoms with E-state index in [0.717, 1.165) is 0 Å². The van der Waals surface area contributed by atoms with Crippen LogP contribution in [-0.2, 0) is 0 Å². The molecule has 84 valence electrons. The van der Waals surface area contributed by atoms with Crippen molar-refractivity contribution in [1.29, 1.82) is 0 Å². The smallest absolute Gasteiger partial charge is 0.221 e. The number of anilines is 5. The summed E-state index contributed by atoms with van der Waals surface area (Å²) in [5.74, 6) is 11.3. The number of rotatable bonds is 1. The first-order chi connectivity index (χ1) is 6.68. The summed E-state index contributed by atoms with van der Waals surface area (Å²) in [5, 5.41) is 0. The van der Waals surface area contributed by atoms with Crippen LogP contribution in [0.2, 0.25) is 0 Å². The molecule has 0 aliphatic rings. The Morgan fingerprint density at radius 1 is 0.667 bits per heavy atom. The molecule has 0 aliphatic carbocycles. The highest BCUT2D eigenvalue weighted by molar-refractivity contribution is 6.02. The van der Waals surface area contributed by atoms with Crippen LogP contribution in [0.15, 0.2) is 0 Å². The third kappa shape index (κ3) is 1.56. The van der Waals surface area contributed by atoms with Gasteiger partial charge in [0.1, 0.15) is 18.4 Å². The Bertz CT molecular complexity index is 375. The van der Waals surface area contributed by atoms with Crippen molar-refractivity contribution in [3.05, 3.63) is 0 Å². The van der Waals surface area contributed by atoms with E-state index in [-0.39, 0.29) is 34.1 Å². The first-order valence-electron chi connectivity index (χ1n) is 4.13. The molecule has 1 aromatic rings. The molecule has 0 spiro atoms. The van der Waals surface area contributed by atoms with Crippen molar-refractivity contribution < 1.29 is 0 Å². The molecule has 0 heterocycles. The van der Waals surface area contributed by atoms with E-state index in [1.54, 1.807) is 0 Å². The van der Waals surface area contributed by atoms with Gasteiger partial charge in [-0.05, 0) is 0 Å². The molecule has 0 amide bonds. The second-order valence-corrected chi connectivity index (χ2v) is 3.56. The summed E-state index contributed by atoms with van der Waals surface area (Å²) in [6, 6.07) is 0. The van der Waals surface area contributed by atoms with Gasteiger partial charge in [-0.15, -0.1) is 4.70 Å². The van der Waals surface area contributed by atoms with Gasteiger partial charge in [0.05, 0.1) is 17.1 Å². The summed E-state index contributed by atoms with van der Waals surface area (Å²) >= 11 is 0. The van der Waals surface area contributed by atoms with Gasteiger partial charge in [0, 0.05) is 0 Å². The molecule has 14 N–H and O–H groups in total. The van der Waals surface area contributed by atoms with Crippen LogP contribution in [0.5, 0.6) is 0 Å². The molecule has 0 saturated carbocycles. The minimum atomic E-state index is -0.563. The standard InChI is InChI=1S/C7H17N8/c1-15(13,14)7-5(11)3(9)2(8)4(10)6(7)12/h8-14H2,1H3/q+1. The average molecular weight is 213 g/mol. The third-order valence-corrected chi connectivity index (χ3v) is 2.15. The van der Waals surface area contributed by atoms with E-state index in [1.807, 2.05) is 0 Å². The van der Waals surface area contributed by atoms with E-state index in [9.17, 15) is 0 Å². The van der Waals surface area contributed by atoms with Crippen molar-refractivity contribution in [2.75, 3.05) is 35.7 Å². The quantitative estimate of drug-likeness (QED) is 0.125. The lowest BCUT2D eigenvalue weighted by Crippen LogP contribution is -2.59. The number of hydrogen-bond acceptors (Lipinski definition) is 7. The average Bonchev–Trinajstić information content (AvgIpc) is 2.09. The highest BCUT2D eigenvalue weighted by atomic mass is 15.7. The zero-order valence-electron chi connectivity index (χ0n) is 8.49. The fraction of sp³-hybridized carbons (Fsp3) is 0.143. The van der Waals surface area contributed by atoms with Gasteiger partial charge in [-0.2, -0.15) is 11.7 Å². The van der Waals surface area contributed by atoms with E-state index in [4.69, 9.17) is 40.4 Å². The number of nitrogens with zero attached hydrogens (tertiary/aromatic N) is 1. The monoisotopic (exact) mass is 213 g/mol. The number of quaternary nitrogens is 1. The van der Waals surface area contributed by atoms with Crippen LogP contribution < -0.4 is 45.1 Å². The van der Waals surface area contributed by atoms with E-state index < -0.39 is 4.70 Å². The maximum absolute atomic E-state index is 5.72. The van der Waals surface area contributed by atoms with Gasteiger partial charge in [0.2, 0.25) is 5.69 Å². The summed E-state index contributed by atoms with van der Waals surface area (Å²) in [5.41, 5.74) is 29.3. The molecule has 0 fully saturated rings. The largest absolute Gasteiger partial charge is 0.395 e. The molecule has 0 aromatic heterocycles. The number of nitrogens with two attached hydrogens (primary N) is 7. The number of hydrogen-bond donors (Lipinski definition) is 7. The highest BCUT2D eigenvalue weighted by Crippen LogP contribution is 2.43. The molecule has 0 atom stereocenters. The molecule has 0 unspecified atom stereocenters. The Labute approximate surface area is 87.1 Å². The molecule has 8 heteroatoms. The van der Waals surface area contributed by atoms with Crippen LogP contribution >= 0.6 is 0 Å². The lowest BCUT2D eigenvalue weighted by molar-refractivity contribution is 0.361. The Morgan fingerprint density at radius 2 is 0.933 bits per heavy atom. The molecule has 8 nitrogen and oxygen atoms in total. The second kappa shape index (κ2) is 3.05. The van der Waals surface area contributed by atoms with Gasteiger partial charge in [-0.3, -0.25) is 0 Å². The van der Waals surface area contributed by atoms with Crippen LogP contribution in [0.4, 0.5) is 34.1 Å². The van der Waals surface area contributed by atoms with Gasteiger partial charge < -0.3 is 28.7 Å². The molecule has 0 radical (unpaired) electrons. The number of nitrogen functional groups attached to an aromatic ring is 5. The molecular formula is C7H17N8+. The van der Waals surface area contributed by atoms with E-state index >= 15 is 0 Å². The molecule has 1 rings (SSSR count). The SMILES string of the molecule is C[N+](N)(N)c1c(N)c(N)c(N)c(N)c1N. The molecule has 0 aliphatic heterocycles. The van der Waals surface area contributed by atoms with Gasteiger partial charge in [0.25, 0.3) is 0 Å². The first kappa shape index (κ1) is 11.2. The fourth-order valence-corrected chi connectivity index (χ4v) is 1.35. The van der Waals surface area contributed by atoms with Gasteiger partial charge in [-0.25, -0.2) is 0 Å². The van der Waals surface area contributed by atoms with Crippen LogP contribution in [0.3, 0.4) is 0 Å². The van der Waals surface area contributed by atoms with Crippen molar-refractivity contribution in [2.24, 2.45) is 11.7 Å². The van der Waals surface area contributed by atoms with Crippen LogP contribution in [0.1, 0.15) is 0 Å². The molecule has 0 saturated heterocycles. The topological polar surface area (TPSA) is 182 Å². The molecular weight excluding hydrogens is 196 g/mol. The van der Waals surface area contributed by atoms with Gasteiger partial charge in [-0.1, -0.05) is 0 Å². The summed E-state index contributed by atoms with van der Waals surface area (Å²) in [4.78, 5) is 0. The minimum Gasteiger partial charge on any atom is -0.395 e. The summed E-state index contributed by atoms with van der Waals surface area (Å²) in [6.45, 7) is 0. The van der Waals surface area contributed by atoms with Crippen molar-refractivity contribution in [1.82, 2.24) is 4.70 Å². The Balaban J connectivity index is 3.68. The Hall–Kier alpha value is -1.90. The lowest BCUT2D eigenvalue weighted by Gasteiger charge is -2.25. The lowest BCUT2D eigenvalue weighted by atomic mass is 10.1. The van der Waals surface area contributed by atoms with Gasteiger partial charge in [0.15, 0.2) is 0 Å². The van der Waals surface area contributed by atoms with Crippen LogP contribution in [0.25, 0.3) is 0 Å². The molecule has 1 aromatic carbocycles. The Morgan fingerprint density at radius 3 is 1.20 bits per heavy atom. The molecule has 0 bridgehead atoms. The predicted molar refractivity (Wildman–Crippen MR) is 64.6 cm³/mol. The zero-order chi connectivity index (χ0) is 12.0.